The van der Waals surface area contributed by atoms with Crippen LogP contribution in [-0.4, -0.2) is 54.0 Å². The van der Waals surface area contributed by atoms with Crippen LogP contribution in [0.15, 0.2) is 41.8 Å². The average Bonchev–Trinajstić information content (AvgIpc) is 3.52. The zero-order valence-corrected chi connectivity index (χ0v) is 19.0. The van der Waals surface area contributed by atoms with Crippen LogP contribution in [0.1, 0.15) is 46.5 Å². The van der Waals surface area contributed by atoms with Gasteiger partial charge in [-0.2, -0.15) is 13.2 Å². The Morgan fingerprint density at radius 1 is 1.09 bits per heavy atom. The minimum atomic E-state index is -4.43. The Balaban J connectivity index is 1.35. The van der Waals surface area contributed by atoms with Crippen molar-refractivity contribution in [2.24, 2.45) is 5.92 Å². The smallest absolute Gasteiger partial charge is 0.376 e. The Labute approximate surface area is 195 Å². The summed E-state index contributed by atoms with van der Waals surface area (Å²) in [7, 11) is 0. The number of alkyl halides is 3. The number of amides is 2. The fourth-order valence-electron chi connectivity index (χ4n) is 4.43. The average molecular weight is 481 g/mol. The number of rotatable bonds is 6. The van der Waals surface area contributed by atoms with E-state index in [1.54, 1.807) is 16.2 Å². The first-order valence-corrected chi connectivity index (χ1v) is 12.1. The third kappa shape index (κ3) is 5.95. The molecule has 1 aromatic carbocycles. The van der Waals surface area contributed by atoms with E-state index in [1.165, 1.54) is 12.1 Å². The van der Waals surface area contributed by atoms with Crippen molar-refractivity contribution in [3.05, 3.63) is 57.8 Å². The number of halogens is 3. The van der Waals surface area contributed by atoms with Crippen molar-refractivity contribution < 1.29 is 27.5 Å². The first-order chi connectivity index (χ1) is 15.8. The Bertz CT molecular complexity index is 933. The second kappa shape index (κ2) is 10.3. The molecule has 2 amide bonds. The molecule has 1 aromatic heterocycles. The fourth-order valence-corrected chi connectivity index (χ4v) is 5.15. The van der Waals surface area contributed by atoms with E-state index < -0.39 is 11.7 Å². The second-order valence-electron chi connectivity index (χ2n) is 8.57. The maximum absolute atomic E-state index is 13.4. The van der Waals surface area contributed by atoms with E-state index in [-0.39, 0.29) is 29.4 Å². The minimum absolute atomic E-state index is 0.0650. The van der Waals surface area contributed by atoms with Crippen LogP contribution in [0.2, 0.25) is 0 Å². The molecule has 1 unspecified atom stereocenters. The van der Waals surface area contributed by atoms with Gasteiger partial charge in [0.2, 0.25) is 5.91 Å². The van der Waals surface area contributed by atoms with Gasteiger partial charge in [0, 0.05) is 42.6 Å². The lowest BCUT2D eigenvalue weighted by atomic mass is 9.94. The van der Waals surface area contributed by atoms with Crippen LogP contribution in [0.5, 0.6) is 0 Å². The normalized spacial score (nSPS) is 19.6. The Morgan fingerprint density at radius 2 is 1.82 bits per heavy atom. The van der Waals surface area contributed by atoms with Crippen LogP contribution < -0.4 is 0 Å². The molecular weight excluding hydrogens is 453 g/mol. The standard InChI is InChI=1S/C24H27F3N2O3S/c25-24(26,27)19-7-5-17(6-8-19)22(30)28-11-9-18(10-12-28)23(31)29(15-20-3-1-13-32-20)16-21-4-2-14-33-21/h2,4-8,14,18,20H,1,3,9-13,15-16H2. The van der Waals surface area contributed by atoms with E-state index >= 15 is 0 Å². The maximum atomic E-state index is 13.4. The molecule has 33 heavy (non-hydrogen) atoms. The van der Waals surface area contributed by atoms with E-state index in [0.29, 0.717) is 39.0 Å². The predicted molar refractivity (Wildman–Crippen MR) is 119 cm³/mol. The highest BCUT2D eigenvalue weighted by molar-refractivity contribution is 7.09. The number of nitrogens with zero attached hydrogens (tertiary/aromatic N) is 2. The highest BCUT2D eigenvalue weighted by Gasteiger charge is 2.33. The first kappa shape index (κ1) is 23.8. The molecule has 1 atom stereocenters. The van der Waals surface area contributed by atoms with E-state index in [2.05, 4.69) is 0 Å². The molecule has 0 aliphatic carbocycles. The summed E-state index contributed by atoms with van der Waals surface area (Å²) in [5, 5.41) is 2.00. The van der Waals surface area contributed by atoms with Crippen molar-refractivity contribution in [1.29, 1.82) is 0 Å². The van der Waals surface area contributed by atoms with E-state index in [0.717, 1.165) is 36.5 Å². The highest BCUT2D eigenvalue weighted by Crippen LogP contribution is 2.30. The molecular formula is C24H27F3N2O3S. The third-order valence-corrected chi connectivity index (χ3v) is 7.14. The quantitative estimate of drug-likeness (QED) is 0.595. The number of thiophene rings is 1. The topological polar surface area (TPSA) is 49.9 Å². The lowest BCUT2D eigenvalue weighted by Gasteiger charge is -2.35. The highest BCUT2D eigenvalue weighted by atomic mass is 32.1. The van der Waals surface area contributed by atoms with Gasteiger partial charge in [-0.3, -0.25) is 9.59 Å². The van der Waals surface area contributed by atoms with Crippen molar-refractivity contribution in [2.45, 2.75) is 44.5 Å². The number of carbonyl (C=O) groups excluding carboxylic acids is 2. The summed E-state index contributed by atoms with van der Waals surface area (Å²) in [6, 6.07) is 8.28. The fraction of sp³-hybridized carbons (Fsp3) is 0.500. The Morgan fingerprint density at radius 3 is 2.39 bits per heavy atom. The number of carbonyl (C=O) groups is 2. The van der Waals surface area contributed by atoms with Gasteiger partial charge in [0.25, 0.3) is 5.91 Å². The lowest BCUT2D eigenvalue weighted by Crippen LogP contribution is -2.45. The molecule has 178 valence electrons. The molecule has 2 saturated heterocycles. The molecule has 0 radical (unpaired) electrons. The molecule has 2 aliphatic heterocycles. The lowest BCUT2D eigenvalue weighted by molar-refractivity contribution is -0.139. The number of benzene rings is 1. The zero-order chi connectivity index (χ0) is 23.4. The molecule has 5 nitrogen and oxygen atoms in total. The van der Waals surface area contributed by atoms with Crippen molar-refractivity contribution in [3.63, 3.8) is 0 Å². The van der Waals surface area contributed by atoms with Gasteiger partial charge in [-0.1, -0.05) is 6.07 Å². The van der Waals surface area contributed by atoms with Gasteiger partial charge in [0.1, 0.15) is 0 Å². The van der Waals surface area contributed by atoms with Crippen molar-refractivity contribution in [3.8, 4) is 0 Å². The van der Waals surface area contributed by atoms with Crippen molar-refractivity contribution >= 4 is 23.2 Å². The van der Waals surface area contributed by atoms with E-state index in [1.807, 2.05) is 22.4 Å². The maximum Gasteiger partial charge on any atom is 0.416 e. The minimum Gasteiger partial charge on any atom is -0.376 e. The first-order valence-electron chi connectivity index (χ1n) is 11.2. The third-order valence-electron chi connectivity index (χ3n) is 6.28. The van der Waals surface area contributed by atoms with Crippen LogP contribution in [0.4, 0.5) is 13.2 Å². The van der Waals surface area contributed by atoms with Crippen molar-refractivity contribution in [1.82, 2.24) is 9.80 Å². The van der Waals surface area contributed by atoms with Crippen LogP contribution in [0, 0.1) is 5.92 Å². The number of hydrogen-bond donors (Lipinski definition) is 0. The molecule has 3 heterocycles. The molecule has 2 aliphatic rings. The Hall–Kier alpha value is -2.39. The van der Waals surface area contributed by atoms with Gasteiger partial charge >= 0.3 is 6.18 Å². The van der Waals surface area contributed by atoms with Crippen LogP contribution >= 0.6 is 11.3 Å². The van der Waals surface area contributed by atoms with Gasteiger partial charge in [-0.15, -0.1) is 11.3 Å². The number of likely N-dealkylation sites (tertiary alicyclic amines) is 1. The SMILES string of the molecule is O=C(c1ccc(C(F)(F)F)cc1)N1CCC(C(=O)N(Cc2cccs2)CC2CCCO2)CC1. The van der Waals surface area contributed by atoms with Gasteiger partial charge in [0.05, 0.1) is 18.2 Å². The van der Waals surface area contributed by atoms with Crippen LogP contribution in [0.3, 0.4) is 0 Å². The monoisotopic (exact) mass is 480 g/mol. The number of hydrogen-bond acceptors (Lipinski definition) is 4. The summed E-state index contributed by atoms with van der Waals surface area (Å²) in [4.78, 5) is 30.7. The van der Waals surface area contributed by atoms with Gasteiger partial charge in [0.15, 0.2) is 0 Å². The van der Waals surface area contributed by atoms with Crippen molar-refractivity contribution in [2.75, 3.05) is 26.2 Å². The predicted octanol–water partition coefficient (Wildman–Crippen LogP) is 4.83. The molecule has 9 heteroatoms. The molecule has 4 rings (SSSR count). The van der Waals surface area contributed by atoms with Crippen LogP contribution in [-0.2, 0) is 22.3 Å². The molecule has 0 N–H and O–H groups in total. The molecule has 0 spiro atoms. The van der Waals surface area contributed by atoms with E-state index in [9.17, 15) is 22.8 Å². The van der Waals surface area contributed by atoms with Crippen LogP contribution in [0.25, 0.3) is 0 Å². The summed E-state index contributed by atoms with van der Waals surface area (Å²) < 4.78 is 44.1. The summed E-state index contributed by atoms with van der Waals surface area (Å²) in [6.07, 6.45) is -1.33. The second-order valence-corrected chi connectivity index (χ2v) is 9.61. The summed E-state index contributed by atoms with van der Waals surface area (Å²) >= 11 is 1.62. The zero-order valence-electron chi connectivity index (χ0n) is 18.2. The summed E-state index contributed by atoms with van der Waals surface area (Å²) in [5.74, 6) is -0.395. The summed E-state index contributed by atoms with van der Waals surface area (Å²) in [6.45, 7) is 2.67. The van der Waals surface area contributed by atoms with E-state index in [4.69, 9.17) is 4.74 Å². The molecule has 2 aromatic rings. The van der Waals surface area contributed by atoms with Gasteiger partial charge in [-0.05, 0) is 61.4 Å². The number of piperidine rings is 1. The molecule has 0 saturated carbocycles. The molecule has 0 bridgehead atoms. The molecule has 2 fully saturated rings. The Kier molecular flexibility index (Phi) is 7.38. The van der Waals surface area contributed by atoms with Gasteiger partial charge in [-0.25, -0.2) is 0 Å². The largest absolute Gasteiger partial charge is 0.416 e. The van der Waals surface area contributed by atoms with Gasteiger partial charge < -0.3 is 14.5 Å². The summed E-state index contributed by atoms with van der Waals surface area (Å²) in [5.41, 5.74) is -0.550. The number of ether oxygens (including phenoxy) is 1.